The SMILES string of the molecule is CC(C)[C@H](NC(=O)C(NC(=O)[C@H](CCCCN)NC(=O)[C@H](CCC(N)=O)NC(=O)[C@@H](N)CCCN=C(N)N)[C@@H](C)O)C(=O)N[C@@H](Cc1ccccc1)C(=O)N[C@@H](CO)C(=O)N[C@@H](C)C(=O)N[C@@H](Cc1c[nH]c2ccccc12)C(=O)NCC(N)=O. The molecule has 30 nitrogen and oxygen atoms in total. The van der Waals surface area contributed by atoms with E-state index in [1.165, 1.54) is 13.8 Å². The normalized spacial score (nSPS) is 14.7. The smallest absolute Gasteiger partial charge is 0.245 e. The van der Waals surface area contributed by atoms with Crippen molar-refractivity contribution in [3.63, 3.8) is 0 Å². The molecule has 0 saturated carbocycles. The first-order chi connectivity index (χ1) is 39.8. The summed E-state index contributed by atoms with van der Waals surface area (Å²) in [5.74, 6) is -10.7. The monoisotopic (exact) mass is 1180 g/mol. The number of aliphatic hydroxyl groups excluding tert-OH is 2. The Morgan fingerprint density at radius 3 is 1.73 bits per heavy atom. The molecule has 30 heteroatoms. The van der Waals surface area contributed by atoms with Crippen LogP contribution in [0.4, 0.5) is 0 Å². The molecule has 0 aliphatic heterocycles. The number of para-hydroxylation sites is 1. The molecule has 84 heavy (non-hydrogen) atoms. The molecule has 0 aliphatic rings. The molecule has 0 aliphatic carbocycles. The highest BCUT2D eigenvalue weighted by molar-refractivity contribution is 5.99. The van der Waals surface area contributed by atoms with Gasteiger partial charge in [0, 0.05) is 42.9 Å². The molecular weight excluding hydrogens is 1090 g/mol. The lowest BCUT2D eigenvalue weighted by Crippen LogP contribution is -2.63. The first kappa shape index (κ1) is 69.5. The van der Waals surface area contributed by atoms with E-state index in [2.05, 4.69) is 57.8 Å². The molecule has 0 saturated heterocycles. The number of nitrogens with two attached hydrogens (primary N) is 6. The standard InChI is InChI=1S/C54H83N17O13/c1-28(2)43(70-53(84)44(30(4)73)71-49(80)36(18-10-11-21-55)66-48(79)37(19-20-41(57)74)65-46(77)34(56)16-12-22-61-54(59)60)52(83)68-38(23-31-13-6-5-7-14-31)50(81)69-40(27-72)51(82)64-29(3)45(76)67-39(47(78)63-26-42(58)75)24-32-25-62-35-17-9-8-15-33(32)35/h5-9,13-15,17,25,28-30,34,36-40,43-44,62,72-73H,10-12,16,18-24,26-27,55-56H2,1-4H3,(H2,57,74)(H2,58,75)(H,63,78)(H,64,82)(H,65,77)(H,66,79)(H,67,76)(H,68,83)(H,69,81)(H,70,84)(H,71,80)(H4,59,60,61)/t29-,30+,34-,36-,37-,38-,39-,40-,43-,44?/m0/s1. The average Bonchev–Trinajstić information content (AvgIpc) is 4.00. The minimum atomic E-state index is -1.76. The number of guanidine groups is 1. The maximum Gasteiger partial charge on any atom is 0.245 e. The number of hydrogen-bond acceptors (Lipinski definition) is 16. The van der Waals surface area contributed by atoms with Crippen molar-refractivity contribution in [1.29, 1.82) is 0 Å². The number of aliphatic imine (C=N–C) groups is 1. The van der Waals surface area contributed by atoms with Gasteiger partial charge >= 0.3 is 0 Å². The minimum Gasteiger partial charge on any atom is -0.394 e. The predicted octanol–water partition coefficient (Wildman–Crippen LogP) is -5.74. The van der Waals surface area contributed by atoms with Crippen molar-refractivity contribution in [3.8, 4) is 0 Å². The molecule has 24 N–H and O–H groups in total. The maximum atomic E-state index is 14.2. The van der Waals surface area contributed by atoms with E-state index in [9.17, 15) is 63.0 Å². The first-order valence-corrected chi connectivity index (χ1v) is 27.4. The van der Waals surface area contributed by atoms with Gasteiger partial charge in [-0.3, -0.25) is 57.7 Å². The third-order valence-electron chi connectivity index (χ3n) is 13.2. The molecule has 3 rings (SSSR count). The van der Waals surface area contributed by atoms with Crippen molar-refractivity contribution >= 4 is 81.8 Å². The summed E-state index contributed by atoms with van der Waals surface area (Å²) in [6.45, 7) is 4.47. The summed E-state index contributed by atoms with van der Waals surface area (Å²) < 4.78 is 0. The predicted molar refractivity (Wildman–Crippen MR) is 308 cm³/mol. The van der Waals surface area contributed by atoms with Crippen LogP contribution in [0.25, 0.3) is 10.9 Å². The van der Waals surface area contributed by atoms with Crippen molar-refractivity contribution in [2.45, 2.75) is 146 Å². The fourth-order valence-corrected chi connectivity index (χ4v) is 8.45. The lowest BCUT2D eigenvalue weighted by atomic mass is 9.99. The number of amides is 11. The Balaban J connectivity index is 1.80. The highest BCUT2D eigenvalue weighted by Gasteiger charge is 2.37. The van der Waals surface area contributed by atoms with Crippen LogP contribution in [0, 0.1) is 5.92 Å². The number of primary amides is 2. The summed E-state index contributed by atoms with van der Waals surface area (Å²) in [5.41, 5.74) is 35.0. The molecule has 1 aromatic heterocycles. The van der Waals surface area contributed by atoms with E-state index in [0.29, 0.717) is 24.0 Å². The number of fused-ring (bicyclic) bond motifs is 1. The number of carbonyl (C=O) groups excluding carboxylic acids is 11. The van der Waals surface area contributed by atoms with Crippen LogP contribution in [-0.4, -0.2) is 173 Å². The van der Waals surface area contributed by atoms with Crippen LogP contribution >= 0.6 is 0 Å². The van der Waals surface area contributed by atoms with Crippen molar-refractivity contribution in [1.82, 2.24) is 52.8 Å². The molecule has 2 aromatic carbocycles. The Morgan fingerprint density at radius 1 is 0.560 bits per heavy atom. The number of aromatic nitrogens is 1. The van der Waals surface area contributed by atoms with E-state index in [4.69, 9.17) is 34.4 Å². The van der Waals surface area contributed by atoms with E-state index >= 15 is 0 Å². The van der Waals surface area contributed by atoms with Crippen LogP contribution < -0.4 is 82.3 Å². The van der Waals surface area contributed by atoms with Gasteiger partial charge in [-0.15, -0.1) is 0 Å². The fourth-order valence-electron chi connectivity index (χ4n) is 8.45. The number of aromatic amines is 1. The van der Waals surface area contributed by atoms with Gasteiger partial charge in [-0.05, 0) is 82.0 Å². The van der Waals surface area contributed by atoms with E-state index < -0.39 is 145 Å². The number of hydrogen-bond donors (Lipinski definition) is 18. The second-order valence-electron chi connectivity index (χ2n) is 20.5. The highest BCUT2D eigenvalue weighted by atomic mass is 16.3. The van der Waals surface area contributed by atoms with Crippen LogP contribution in [0.3, 0.4) is 0 Å². The number of rotatable bonds is 37. The maximum absolute atomic E-state index is 14.2. The number of H-pyrrole nitrogens is 1. The molecule has 3 aromatic rings. The second kappa shape index (κ2) is 35.3. The van der Waals surface area contributed by atoms with Gasteiger partial charge in [0.25, 0.3) is 0 Å². The highest BCUT2D eigenvalue weighted by Crippen LogP contribution is 2.20. The minimum absolute atomic E-state index is 0.0437. The van der Waals surface area contributed by atoms with E-state index in [1.807, 2.05) is 6.07 Å². The third kappa shape index (κ3) is 23.6. The molecule has 0 bridgehead atoms. The van der Waals surface area contributed by atoms with Crippen LogP contribution in [0.15, 0.2) is 65.8 Å². The molecule has 0 fully saturated rings. The Labute approximate surface area is 485 Å². The van der Waals surface area contributed by atoms with Gasteiger partial charge in [-0.25, -0.2) is 0 Å². The molecular formula is C54H83N17O13. The summed E-state index contributed by atoms with van der Waals surface area (Å²) in [5, 5.41) is 44.4. The van der Waals surface area contributed by atoms with Crippen molar-refractivity contribution in [2.24, 2.45) is 45.3 Å². The molecule has 11 amide bonds. The van der Waals surface area contributed by atoms with E-state index in [-0.39, 0.29) is 64.0 Å². The summed E-state index contributed by atoms with van der Waals surface area (Å²) in [7, 11) is 0. The topological polar surface area (TPSA) is 521 Å². The lowest BCUT2D eigenvalue weighted by Gasteiger charge is -2.30. The molecule has 0 radical (unpaired) electrons. The van der Waals surface area contributed by atoms with Gasteiger partial charge in [0.1, 0.15) is 48.3 Å². The summed E-state index contributed by atoms with van der Waals surface area (Å²) >= 11 is 0. The van der Waals surface area contributed by atoms with E-state index in [1.54, 1.807) is 68.6 Å². The van der Waals surface area contributed by atoms with Crippen LogP contribution in [0.5, 0.6) is 0 Å². The quantitative estimate of drug-likeness (QED) is 0.0145. The number of carbonyl (C=O) groups is 11. The average molecular weight is 1180 g/mol. The van der Waals surface area contributed by atoms with Crippen molar-refractivity contribution < 1.29 is 63.0 Å². The largest absolute Gasteiger partial charge is 0.394 e. The number of nitrogens with one attached hydrogen (secondary N) is 10. The Morgan fingerprint density at radius 2 is 1.11 bits per heavy atom. The second-order valence-corrected chi connectivity index (χ2v) is 20.5. The van der Waals surface area contributed by atoms with Gasteiger partial charge in [0.05, 0.1) is 25.3 Å². The molecule has 462 valence electrons. The number of benzene rings is 2. The van der Waals surface area contributed by atoms with Crippen molar-refractivity contribution in [2.75, 3.05) is 26.2 Å². The van der Waals surface area contributed by atoms with Gasteiger partial charge in [-0.1, -0.05) is 62.4 Å². The van der Waals surface area contributed by atoms with E-state index in [0.717, 1.165) is 10.9 Å². The molecule has 1 unspecified atom stereocenters. The molecule has 1 heterocycles. The number of nitrogens with zero attached hydrogens (tertiary/aromatic N) is 1. The zero-order valence-electron chi connectivity index (χ0n) is 47.6. The van der Waals surface area contributed by atoms with Crippen LogP contribution in [-0.2, 0) is 65.6 Å². The summed E-state index contributed by atoms with van der Waals surface area (Å²) in [6, 6.07) is 2.57. The number of aliphatic hydroxyl groups is 2. The van der Waals surface area contributed by atoms with Crippen LogP contribution in [0.2, 0.25) is 0 Å². The third-order valence-corrected chi connectivity index (χ3v) is 13.2. The van der Waals surface area contributed by atoms with Gasteiger partial charge in [-0.2, -0.15) is 0 Å². The summed E-state index contributed by atoms with van der Waals surface area (Å²) in [6.07, 6.45) is 0.236. The Hall–Kier alpha value is -8.74. The molecule has 0 spiro atoms. The van der Waals surface area contributed by atoms with Gasteiger partial charge < -0.3 is 97.5 Å². The van der Waals surface area contributed by atoms with Crippen molar-refractivity contribution in [3.05, 3.63) is 71.9 Å². The number of unbranched alkanes of at least 4 members (excludes halogenated alkanes) is 1. The fraction of sp³-hybridized carbons (Fsp3) is 0.519. The lowest BCUT2D eigenvalue weighted by molar-refractivity contribution is -0.137. The Kier molecular flexibility index (Phi) is 29.2. The zero-order valence-corrected chi connectivity index (χ0v) is 47.6. The van der Waals surface area contributed by atoms with Crippen LogP contribution in [0.1, 0.15) is 83.8 Å². The Bertz CT molecular complexity index is 2760. The van der Waals surface area contributed by atoms with Gasteiger partial charge in [0.2, 0.25) is 65.0 Å². The van der Waals surface area contributed by atoms with Gasteiger partial charge in [0.15, 0.2) is 5.96 Å². The zero-order chi connectivity index (χ0) is 62.6. The first-order valence-electron chi connectivity index (χ1n) is 27.4. The summed E-state index contributed by atoms with van der Waals surface area (Å²) in [4.78, 5) is 154. The molecule has 10 atom stereocenters.